The maximum atomic E-state index is 12.9. The lowest BCUT2D eigenvalue weighted by Gasteiger charge is -2.12. The zero-order valence-electron chi connectivity index (χ0n) is 16.5. The van der Waals surface area contributed by atoms with E-state index < -0.39 is 0 Å². The summed E-state index contributed by atoms with van der Waals surface area (Å²) < 4.78 is 6.86. The van der Waals surface area contributed by atoms with Gasteiger partial charge in [0, 0.05) is 15.1 Å². The Morgan fingerprint density at radius 1 is 1.03 bits per heavy atom. The number of ether oxygens (including phenoxy) is 1. The van der Waals surface area contributed by atoms with Crippen molar-refractivity contribution in [3.8, 4) is 5.75 Å². The number of aryl methyl sites for hydroxylation is 1. The molecule has 0 saturated carbocycles. The van der Waals surface area contributed by atoms with Gasteiger partial charge in [0.15, 0.2) is 0 Å². The fraction of sp³-hybridized carbons (Fsp3) is 0.0833. The molecule has 7 heteroatoms. The second-order valence-corrected chi connectivity index (χ2v) is 9.30. The molecule has 0 N–H and O–H groups in total. The highest BCUT2D eigenvalue weighted by atomic mass is 79.9. The van der Waals surface area contributed by atoms with Crippen molar-refractivity contribution in [1.29, 1.82) is 0 Å². The number of benzene rings is 3. The number of hydrogen-bond donors (Lipinski definition) is 0. The highest BCUT2D eigenvalue weighted by Crippen LogP contribution is 2.37. The lowest BCUT2D eigenvalue weighted by atomic mass is 10.1. The van der Waals surface area contributed by atoms with E-state index in [2.05, 4.69) is 15.9 Å². The molecule has 3 aromatic carbocycles. The van der Waals surface area contributed by atoms with E-state index in [1.54, 1.807) is 30.3 Å². The summed E-state index contributed by atoms with van der Waals surface area (Å²) in [6.45, 7) is 2.43. The summed E-state index contributed by atoms with van der Waals surface area (Å²) in [4.78, 5) is 26.9. The summed E-state index contributed by atoms with van der Waals surface area (Å²) in [7, 11) is 0. The average molecular weight is 515 g/mol. The van der Waals surface area contributed by atoms with Crippen molar-refractivity contribution in [3.05, 3.63) is 97.8 Å². The van der Waals surface area contributed by atoms with Gasteiger partial charge in [-0.2, -0.15) is 0 Å². The van der Waals surface area contributed by atoms with Crippen LogP contribution in [0.5, 0.6) is 5.75 Å². The normalized spacial score (nSPS) is 15.1. The van der Waals surface area contributed by atoms with Crippen LogP contribution in [0.3, 0.4) is 0 Å². The molecule has 31 heavy (non-hydrogen) atoms. The standard InChI is InChI=1S/C24H17BrClNO3S/c1-15-2-4-16(5-3-15)14-30-21-11-6-18(25)12-17(21)13-22-23(28)27(24(29)31-22)20-9-7-19(26)8-10-20/h2-13H,14H2,1H3/b22-13+. The Labute approximate surface area is 198 Å². The Hall–Kier alpha value is -2.54. The zero-order valence-corrected chi connectivity index (χ0v) is 19.6. The molecule has 1 aliphatic heterocycles. The number of halogens is 2. The lowest BCUT2D eigenvalue weighted by Crippen LogP contribution is -2.27. The first-order valence-corrected chi connectivity index (χ1v) is 11.4. The molecule has 0 atom stereocenters. The predicted molar refractivity (Wildman–Crippen MR) is 130 cm³/mol. The minimum Gasteiger partial charge on any atom is -0.488 e. The van der Waals surface area contributed by atoms with Crippen molar-refractivity contribution in [2.45, 2.75) is 13.5 Å². The molecular formula is C24H17BrClNO3S. The number of amides is 2. The molecule has 2 amide bonds. The second-order valence-electron chi connectivity index (χ2n) is 6.95. The van der Waals surface area contributed by atoms with Crippen molar-refractivity contribution in [2.24, 2.45) is 0 Å². The van der Waals surface area contributed by atoms with E-state index in [9.17, 15) is 9.59 Å². The highest BCUT2D eigenvalue weighted by Gasteiger charge is 2.36. The van der Waals surface area contributed by atoms with Gasteiger partial charge in [0.2, 0.25) is 0 Å². The number of rotatable bonds is 5. The average Bonchev–Trinajstić information content (AvgIpc) is 3.02. The van der Waals surface area contributed by atoms with E-state index in [1.165, 1.54) is 5.56 Å². The Morgan fingerprint density at radius 2 is 1.74 bits per heavy atom. The molecule has 156 valence electrons. The largest absolute Gasteiger partial charge is 0.488 e. The highest BCUT2D eigenvalue weighted by molar-refractivity contribution is 9.10. The first-order chi connectivity index (χ1) is 14.9. The molecular weight excluding hydrogens is 498 g/mol. The van der Waals surface area contributed by atoms with Gasteiger partial charge in [-0.3, -0.25) is 9.59 Å². The van der Waals surface area contributed by atoms with Gasteiger partial charge in [-0.25, -0.2) is 4.90 Å². The minimum atomic E-state index is -0.373. The van der Waals surface area contributed by atoms with Crippen LogP contribution >= 0.6 is 39.3 Å². The van der Waals surface area contributed by atoms with Gasteiger partial charge in [0.1, 0.15) is 12.4 Å². The van der Waals surface area contributed by atoms with Crippen molar-refractivity contribution in [2.75, 3.05) is 4.90 Å². The molecule has 0 unspecified atom stereocenters. The summed E-state index contributed by atoms with van der Waals surface area (Å²) in [6, 6.07) is 20.3. The van der Waals surface area contributed by atoms with E-state index >= 15 is 0 Å². The molecule has 1 fully saturated rings. The Morgan fingerprint density at radius 3 is 2.45 bits per heavy atom. The van der Waals surface area contributed by atoms with Gasteiger partial charge >= 0.3 is 0 Å². The topological polar surface area (TPSA) is 46.6 Å². The summed E-state index contributed by atoms with van der Waals surface area (Å²) in [5.74, 6) is 0.254. The number of hydrogen-bond acceptors (Lipinski definition) is 4. The van der Waals surface area contributed by atoms with Crippen LogP contribution in [0.4, 0.5) is 10.5 Å². The van der Waals surface area contributed by atoms with Gasteiger partial charge in [0.25, 0.3) is 11.1 Å². The third-order valence-corrected chi connectivity index (χ3v) is 6.27. The van der Waals surface area contributed by atoms with E-state index in [0.717, 1.165) is 26.7 Å². The van der Waals surface area contributed by atoms with Crippen molar-refractivity contribution in [3.63, 3.8) is 0 Å². The SMILES string of the molecule is Cc1ccc(COc2ccc(Br)cc2/C=C2/SC(=O)N(c3ccc(Cl)cc3)C2=O)cc1. The van der Waals surface area contributed by atoms with Gasteiger partial charge in [0.05, 0.1) is 10.6 Å². The molecule has 0 bridgehead atoms. The molecule has 0 radical (unpaired) electrons. The number of thioether (sulfide) groups is 1. The quantitative estimate of drug-likeness (QED) is 0.337. The second kappa shape index (κ2) is 9.30. The molecule has 0 aliphatic carbocycles. The van der Waals surface area contributed by atoms with Crippen molar-refractivity contribution < 1.29 is 14.3 Å². The van der Waals surface area contributed by atoms with Crippen LogP contribution in [0.25, 0.3) is 6.08 Å². The third kappa shape index (κ3) is 5.03. The Kier molecular flexibility index (Phi) is 6.51. The first-order valence-electron chi connectivity index (χ1n) is 9.42. The predicted octanol–water partition coefficient (Wildman–Crippen LogP) is 7.23. The van der Waals surface area contributed by atoms with Gasteiger partial charge in [-0.15, -0.1) is 0 Å². The number of carbonyl (C=O) groups is 2. The molecule has 3 aromatic rings. The molecule has 1 saturated heterocycles. The van der Waals surface area contributed by atoms with E-state index in [1.807, 2.05) is 49.4 Å². The maximum absolute atomic E-state index is 12.9. The van der Waals surface area contributed by atoms with Crippen LogP contribution < -0.4 is 9.64 Å². The smallest absolute Gasteiger partial charge is 0.298 e. The maximum Gasteiger partial charge on any atom is 0.298 e. The number of nitrogens with zero attached hydrogens (tertiary/aromatic N) is 1. The number of carbonyl (C=O) groups excluding carboxylic acids is 2. The molecule has 4 nitrogen and oxygen atoms in total. The molecule has 0 aromatic heterocycles. The fourth-order valence-electron chi connectivity index (χ4n) is 3.03. The zero-order chi connectivity index (χ0) is 22.0. The van der Waals surface area contributed by atoms with Crippen LogP contribution in [-0.2, 0) is 11.4 Å². The number of anilines is 1. The third-order valence-electron chi connectivity index (χ3n) is 4.65. The summed E-state index contributed by atoms with van der Waals surface area (Å²) in [5.41, 5.74) is 3.43. The lowest BCUT2D eigenvalue weighted by molar-refractivity contribution is -0.113. The molecule has 0 spiro atoms. The van der Waals surface area contributed by atoms with Crippen LogP contribution in [0.15, 0.2) is 76.1 Å². The van der Waals surface area contributed by atoms with Crippen LogP contribution in [0.1, 0.15) is 16.7 Å². The van der Waals surface area contributed by atoms with Crippen molar-refractivity contribution >= 4 is 62.2 Å². The van der Waals surface area contributed by atoms with Gasteiger partial charge < -0.3 is 4.74 Å². The van der Waals surface area contributed by atoms with Crippen LogP contribution in [-0.4, -0.2) is 11.1 Å². The van der Waals surface area contributed by atoms with Gasteiger partial charge in [-0.05, 0) is 72.8 Å². The van der Waals surface area contributed by atoms with E-state index in [4.69, 9.17) is 16.3 Å². The molecule has 4 rings (SSSR count). The Balaban J connectivity index is 1.59. The van der Waals surface area contributed by atoms with Crippen LogP contribution in [0.2, 0.25) is 5.02 Å². The van der Waals surface area contributed by atoms with E-state index in [-0.39, 0.29) is 11.1 Å². The van der Waals surface area contributed by atoms with Gasteiger partial charge in [-0.1, -0.05) is 57.4 Å². The minimum absolute atomic E-state index is 0.332. The molecule has 1 aliphatic rings. The first kappa shape index (κ1) is 21.7. The van der Waals surface area contributed by atoms with Crippen molar-refractivity contribution in [1.82, 2.24) is 0 Å². The van der Waals surface area contributed by atoms with Crippen LogP contribution in [0, 0.1) is 6.92 Å². The monoisotopic (exact) mass is 513 g/mol. The number of imide groups is 1. The fourth-order valence-corrected chi connectivity index (χ4v) is 4.37. The summed E-state index contributed by atoms with van der Waals surface area (Å²) in [5, 5.41) is 0.187. The molecule has 1 heterocycles. The van der Waals surface area contributed by atoms with E-state index in [0.29, 0.717) is 33.5 Å². The summed E-state index contributed by atoms with van der Waals surface area (Å²) in [6.07, 6.45) is 1.69. The summed E-state index contributed by atoms with van der Waals surface area (Å²) >= 11 is 10.3. The Bertz CT molecular complexity index is 1180.